The number of unbranched alkanes of at least 4 members (excludes halogenated alkanes) is 16. The van der Waals surface area contributed by atoms with Gasteiger partial charge in [0.25, 0.3) is 0 Å². The van der Waals surface area contributed by atoms with Crippen LogP contribution in [0.5, 0.6) is 0 Å². The van der Waals surface area contributed by atoms with Crippen LogP contribution in [0.1, 0.15) is 136 Å². The molecule has 0 bridgehead atoms. The second-order valence-electron chi connectivity index (χ2n) is 8.76. The van der Waals surface area contributed by atoms with E-state index in [0.29, 0.717) is 0 Å². The Hall–Kier alpha value is 1.25. The Kier molecular flexibility index (Phi) is 28.7. The summed E-state index contributed by atoms with van der Waals surface area (Å²) in [4.78, 5) is 0. The van der Waals surface area contributed by atoms with Crippen molar-refractivity contribution in [2.24, 2.45) is 5.92 Å². The standard InChI is InChI=1S/C25H50O4S.K/c1-3-5-7-9-11-12-13-14-15-17-19-21-23-25(24-29-30(26,27)28)22-20-18-16-10-8-6-4-2;/h21,23,25H,3-20,22,24H2,1-2H3,(H,26,27,28);/q;+1/p-1/b23-21+;. The summed E-state index contributed by atoms with van der Waals surface area (Å²) in [5.41, 5.74) is 0. The van der Waals surface area contributed by atoms with Crippen LogP contribution in [0.3, 0.4) is 0 Å². The monoisotopic (exact) mass is 484 g/mol. The molecule has 0 radical (unpaired) electrons. The first-order valence-electron chi connectivity index (χ1n) is 12.8. The van der Waals surface area contributed by atoms with E-state index in [1.165, 1.54) is 96.3 Å². The Balaban J connectivity index is 0. The predicted molar refractivity (Wildman–Crippen MR) is 127 cm³/mol. The molecule has 6 heteroatoms. The van der Waals surface area contributed by atoms with Gasteiger partial charge in [0.15, 0.2) is 0 Å². The molecular formula is C25H49KO4S. The van der Waals surface area contributed by atoms with E-state index in [4.69, 9.17) is 0 Å². The second kappa shape index (κ2) is 25.9. The van der Waals surface area contributed by atoms with Gasteiger partial charge in [-0.3, -0.25) is 4.18 Å². The summed E-state index contributed by atoms with van der Waals surface area (Å²) in [7, 11) is -4.60. The van der Waals surface area contributed by atoms with Gasteiger partial charge in [0.05, 0.1) is 6.61 Å². The van der Waals surface area contributed by atoms with Crippen molar-refractivity contribution in [1.82, 2.24) is 0 Å². The average molecular weight is 485 g/mol. The Morgan fingerprint density at radius 1 is 0.710 bits per heavy atom. The average Bonchev–Trinajstić information content (AvgIpc) is 2.70. The molecule has 0 saturated carbocycles. The topological polar surface area (TPSA) is 66.4 Å². The number of rotatable bonds is 23. The summed E-state index contributed by atoms with van der Waals surface area (Å²) in [5.74, 6) is 0.0208. The first-order chi connectivity index (χ1) is 14.5. The van der Waals surface area contributed by atoms with Crippen LogP contribution in [0, 0.1) is 5.92 Å². The zero-order chi connectivity index (χ0) is 22.3. The van der Waals surface area contributed by atoms with E-state index in [0.717, 1.165) is 25.7 Å². The molecule has 0 amide bonds. The molecule has 0 aromatic heterocycles. The molecule has 0 heterocycles. The molecule has 0 aliphatic rings. The number of hydrogen-bond donors (Lipinski definition) is 0. The summed E-state index contributed by atoms with van der Waals surface area (Å²) in [6.07, 6.45) is 28.0. The summed E-state index contributed by atoms with van der Waals surface area (Å²) in [6.45, 7) is 4.46. The van der Waals surface area contributed by atoms with Crippen molar-refractivity contribution in [3.05, 3.63) is 12.2 Å². The van der Waals surface area contributed by atoms with Crippen molar-refractivity contribution >= 4 is 10.4 Å². The van der Waals surface area contributed by atoms with E-state index in [2.05, 4.69) is 30.2 Å². The molecule has 0 aliphatic carbocycles. The largest absolute Gasteiger partial charge is 1.00 e. The minimum absolute atomic E-state index is 0. The second-order valence-corrected chi connectivity index (χ2v) is 9.81. The third-order valence-electron chi connectivity index (χ3n) is 5.74. The normalized spacial score (nSPS) is 12.9. The van der Waals surface area contributed by atoms with Gasteiger partial charge in [-0.05, 0) is 19.3 Å². The molecule has 0 rings (SSSR count). The van der Waals surface area contributed by atoms with Crippen LogP contribution in [0.4, 0.5) is 0 Å². The van der Waals surface area contributed by atoms with Gasteiger partial charge in [-0.2, -0.15) is 0 Å². The fourth-order valence-electron chi connectivity index (χ4n) is 3.81. The molecule has 1 unspecified atom stereocenters. The van der Waals surface area contributed by atoms with Crippen LogP contribution in [0.15, 0.2) is 12.2 Å². The third kappa shape index (κ3) is 29.2. The minimum Gasteiger partial charge on any atom is -0.726 e. The summed E-state index contributed by atoms with van der Waals surface area (Å²) >= 11 is 0. The van der Waals surface area contributed by atoms with Crippen molar-refractivity contribution < 1.29 is 68.5 Å². The minimum atomic E-state index is -4.60. The molecular weight excluding hydrogens is 435 g/mol. The molecule has 0 spiro atoms. The molecule has 0 aromatic rings. The zero-order valence-corrected chi connectivity index (χ0v) is 24.9. The summed E-state index contributed by atoms with van der Waals surface area (Å²) < 4.78 is 36.9. The van der Waals surface area contributed by atoms with Crippen molar-refractivity contribution in [2.75, 3.05) is 6.61 Å². The SMILES string of the molecule is CCCCCCCCCCCC/C=C/C(CCCCCCCCC)COS(=O)(=O)[O-].[K+]. The van der Waals surface area contributed by atoms with Crippen LogP contribution in [-0.4, -0.2) is 19.6 Å². The molecule has 31 heavy (non-hydrogen) atoms. The van der Waals surface area contributed by atoms with Crippen LogP contribution in [0.25, 0.3) is 0 Å². The predicted octanol–water partition coefficient (Wildman–Crippen LogP) is 5.09. The van der Waals surface area contributed by atoms with Crippen molar-refractivity contribution in [3.8, 4) is 0 Å². The molecule has 0 aromatic carbocycles. The van der Waals surface area contributed by atoms with E-state index in [9.17, 15) is 13.0 Å². The Morgan fingerprint density at radius 3 is 1.58 bits per heavy atom. The van der Waals surface area contributed by atoms with Crippen LogP contribution in [0.2, 0.25) is 0 Å². The van der Waals surface area contributed by atoms with Gasteiger partial charge in [-0.1, -0.05) is 129 Å². The van der Waals surface area contributed by atoms with Crippen LogP contribution < -0.4 is 51.4 Å². The molecule has 0 N–H and O–H groups in total. The molecule has 0 fully saturated rings. The molecule has 1 atom stereocenters. The summed E-state index contributed by atoms with van der Waals surface area (Å²) in [6, 6.07) is 0. The van der Waals surface area contributed by atoms with Gasteiger partial charge in [-0.25, -0.2) is 8.42 Å². The van der Waals surface area contributed by atoms with Gasteiger partial charge < -0.3 is 4.55 Å². The van der Waals surface area contributed by atoms with E-state index in [-0.39, 0.29) is 63.9 Å². The molecule has 180 valence electrons. The number of allylic oxidation sites excluding steroid dienone is 1. The molecule has 0 aliphatic heterocycles. The van der Waals surface area contributed by atoms with Crippen LogP contribution >= 0.6 is 0 Å². The Morgan fingerprint density at radius 2 is 1.13 bits per heavy atom. The fourth-order valence-corrected chi connectivity index (χ4v) is 4.15. The van der Waals surface area contributed by atoms with Gasteiger partial charge in [0, 0.05) is 5.92 Å². The zero-order valence-electron chi connectivity index (χ0n) is 20.9. The molecule has 0 saturated heterocycles. The van der Waals surface area contributed by atoms with Gasteiger partial charge >= 0.3 is 51.4 Å². The van der Waals surface area contributed by atoms with Gasteiger partial charge in [0.2, 0.25) is 10.4 Å². The van der Waals surface area contributed by atoms with E-state index in [1.807, 2.05) is 0 Å². The van der Waals surface area contributed by atoms with Crippen molar-refractivity contribution in [1.29, 1.82) is 0 Å². The Labute approximate surface area is 237 Å². The number of hydrogen-bond acceptors (Lipinski definition) is 4. The smallest absolute Gasteiger partial charge is 0.726 e. The van der Waals surface area contributed by atoms with Gasteiger partial charge in [0.1, 0.15) is 0 Å². The van der Waals surface area contributed by atoms with Crippen molar-refractivity contribution in [3.63, 3.8) is 0 Å². The van der Waals surface area contributed by atoms with E-state index < -0.39 is 10.4 Å². The van der Waals surface area contributed by atoms with Crippen molar-refractivity contribution in [2.45, 2.75) is 136 Å². The van der Waals surface area contributed by atoms with Gasteiger partial charge in [-0.15, -0.1) is 0 Å². The first-order valence-corrected chi connectivity index (χ1v) is 14.1. The third-order valence-corrected chi connectivity index (χ3v) is 6.16. The quantitative estimate of drug-likeness (QED) is 0.0666. The van der Waals surface area contributed by atoms with E-state index >= 15 is 0 Å². The Bertz CT molecular complexity index is 480. The van der Waals surface area contributed by atoms with E-state index in [1.54, 1.807) is 0 Å². The molecule has 4 nitrogen and oxygen atoms in total. The van der Waals surface area contributed by atoms with Crippen LogP contribution in [-0.2, 0) is 14.6 Å². The fraction of sp³-hybridized carbons (Fsp3) is 0.920. The maximum atomic E-state index is 10.8. The maximum absolute atomic E-state index is 10.8. The maximum Gasteiger partial charge on any atom is 1.00 e. The summed E-state index contributed by atoms with van der Waals surface area (Å²) in [5, 5.41) is 0. The first kappa shape index (κ1) is 34.4.